The molecule has 0 bridgehead atoms. The molecule has 2 N–H and O–H groups in total. The first-order valence-electron chi connectivity index (χ1n) is 7.35. The van der Waals surface area contributed by atoms with E-state index < -0.39 is 6.10 Å². The van der Waals surface area contributed by atoms with E-state index in [9.17, 15) is 5.11 Å². The molecule has 7 heteroatoms. The highest BCUT2D eigenvalue weighted by atomic mass is 35.5. The number of hydrogen-bond donors (Lipinski definition) is 2. The first kappa shape index (κ1) is 16.4. The summed E-state index contributed by atoms with van der Waals surface area (Å²) >= 11 is 6.09. The largest absolute Gasteiger partial charge is 0.390 e. The van der Waals surface area contributed by atoms with Gasteiger partial charge < -0.3 is 15.2 Å². The van der Waals surface area contributed by atoms with Gasteiger partial charge in [0.25, 0.3) is 0 Å². The van der Waals surface area contributed by atoms with Gasteiger partial charge in [-0.2, -0.15) is 0 Å². The van der Waals surface area contributed by atoms with Crippen LogP contribution in [0.5, 0.6) is 0 Å². The number of morpholine rings is 1. The zero-order valence-electron chi connectivity index (χ0n) is 12.6. The Balaban J connectivity index is 1.88. The molecule has 0 aromatic carbocycles. The van der Waals surface area contributed by atoms with Crippen molar-refractivity contribution in [1.29, 1.82) is 0 Å². The maximum Gasteiger partial charge on any atom is 0.137 e. The van der Waals surface area contributed by atoms with Gasteiger partial charge in [-0.1, -0.05) is 18.5 Å². The second kappa shape index (κ2) is 7.89. The summed E-state index contributed by atoms with van der Waals surface area (Å²) in [7, 11) is 0. The minimum absolute atomic E-state index is 0.439. The zero-order chi connectivity index (χ0) is 15.2. The predicted molar refractivity (Wildman–Crippen MR) is 82.9 cm³/mol. The van der Waals surface area contributed by atoms with Crippen molar-refractivity contribution in [2.45, 2.75) is 26.4 Å². The molecule has 118 valence electrons. The number of aryl methyl sites for hydroxylation is 1. The quantitative estimate of drug-likeness (QED) is 0.766. The van der Waals surface area contributed by atoms with E-state index >= 15 is 0 Å². The molecule has 1 aliphatic rings. The molecule has 21 heavy (non-hydrogen) atoms. The van der Waals surface area contributed by atoms with Crippen LogP contribution in [0.4, 0.5) is 5.82 Å². The topological polar surface area (TPSA) is 70.5 Å². The molecular weight excluding hydrogens is 292 g/mol. The number of aromatic nitrogens is 2. The van der Waals surface area contributed by atoms with Crippen molar-refractivity contribution in [3.8, 4) is 0 Å². The summed E-state index contributed by atoms with van der Waals surface area (Å²) in [5.74, 6) is 1.41. The molecule has 2 rings (SSSR count). The third kappa shape index (κ3) is 4.78. The number of halogens is 1. The van der Waals surface area contributed by atoms with Crippen molar-refractivity contribution in [2.75, 3.05) is 44.7 Å². The van der Waals surface area contributed by atoms with Crippen molar-refractivity contribution in [1.82, 2.24) is 14.9 Å². The predicted octanol–water partition coefficient (Wildman–Crippen LogP) is 1.11. The molecule has 0 spiro atoms. The number of ether oxygens (including phenoxy) is 1. The average Bonchev–Trinajstić information content (AvgIpc) is 2.49. The Hall–Kier alpha value is -0.950. The average molecular weight is 315 g/mol. The smallest absolute Gasteiger partial charge is 0.137 e. The Labute approximate surface area is 130 Å². The van der Waals surface area contributed by atoms with Crippen LogP contribution in [-0.2, 0) is 11.2 Å². The minimum Gasteiger partial charge on any atom is -0.390 e. The molecule has 0 amide bonds. The second-order valence-corrected chi connectivity index (χ2v) is 5.56. The summed E-state index contributed by atoms with van der Waals surface area (Å²) in [4.78, 5) is 10.8. The number of rotatable bonds is 6. The van der Waals surface area contributed by atoms with Gasteiger partial charge in [0.15, 0.2) is 0 Å². The Morgan fingerprint density at radius 1 is 1.38 bits per heavy atom. The van der Waals surface area contributed by atoms with Crippen LogP contribution in [0.3, 0.4) is 0 Å². The van der Waals surface area contributed by atoms with E-state index in [1.165, 1.54) is 0 Å². The molecule has 1 aromatic heterocycles. The summed E-state index contributed by atoms with van der Waals surface area (Å²) in [5, 5.41) is 13.8. The van der Waals surface area contributed by atoms with Gasteiger partial charge in [0.05, 0.1) is 19.3 Å². The van der Waals surface area contributed by atoms with Gasteiger partial charge in [-0.05, 0) is 6.92 Å². The summed E-state index contributed by atoms with van der Waals surface area (Å²) in [6, 6.07) is 0. The summed E-state index contributed by atoms with van der Waals surface area (Å²) in [5.41, 5.74) is 0.812. The van der Waals surface area contributed by atoms with E-state index in [0.29, 0.717) is 29.9 Å². The Morgan fingerprint density at radius 2 is 2.10 bits per heavy atom. The Bertz CT molecular complexity index is 467. The van der Waals surface area contributed by atoms with Crippen LogP contribution in [0.2, 0.25) is 5.15 Å². The van der Waals surface area contributed by atoms with E-state index in [0.717, 1.165) is 38.3 Å². The highest BCUT2D eigenvalue weighted by Crippen LogP contribution is 2.20. The van der Waals surface area contributed by atoms with Crippen LogP contribution in [0.1, 0.15) is 18.3 Å². The number of nitrogens with zero attached hydrogens (tertiary/aromatic N) is 3. The first-order valence-corrected chi connectivity index (χ1v) is 7.73. The molecule has 1 atom stereocenters. The summed E-state index contributed by atoms with van der Waals surface area (Å²) in [6.45, 7) is 8.14. The maximum absolute atomic E-state index is 10.1. The van der Waals surface area contributed by atoms with Gasteiger partial charge in [-0.3, -0.25) is 4.90 Å². The van der Waals surface area contributed by atoms with E-state index in [1.54, 1.807) is 0 Å². The Kier molecular flexibility index (Phi) is 6.17. The first-order chi connectivity index (χ1) is 10.1. The standard InChI is InChI=1S/C14H23ClN4O2/c1-3-12-17-13(15)10(2)14(18-12)16-8-11(20)9-19-4-6-21-7-5-19/h11,20H,3-9H2,1-2H3,(H,16,17,18). The molecule has 0 radical (unpaired) electrons. The number of aliphatic hydroxyl groups excluding tert-OH is 1. The fourth-order valence-corrected chi connectivity index (χ4v) is 2.41. The van der Waals surface area contributed by atoms with Crippen molar-refractivity contribution in [3.63, 3.8) is 0 Å². The highest BCUT2D eigenvalue weighted by Gasteiger charge is 2.16. The normalized spacial score (nSPS) is 17.7. The van der Waals surface area contributed by atoms with Crippen LogP contribution < -0.4 is 5.32 Å². The third-order valence-corrected chi connectivity index (χ3v) is 3.89. The van der Waals surface area contributed by atoms with Crippen LogP contribution in [0.15, 0.2) is 0 Å². The second-order valence-electron chi connectivity index (χ2n) is 5.21. The van der Waals surface area contributed by atoms with Crippen molar-refractivity contribution >= 4 is 17.4 Å². The zero-order valence-corrected chi connectivity index (χ0v) is 13.4. The molecule has 2 heterocycles. The molecule has 1 fully saturated rings. The lowest BCUT2D eigenvalue weighted by atomic mass is 10.2. The molecule has 0 saturated carbocycles. The van der Waals surface area contributed by atoms with Crippen LogP contribution >= 0.6 is 11.6 Å². The van der Waals surface area contributed by atoms with E-state index in [1.807, 2.05) is 13.8 Å². The number of anilines is 1. The van der Waals surface area contributed by atoms with Crippen LogP contribution in [0, 0.1) is 6.92 Å². The van der Waals surface area contributed by atoms with E-state index in [4.69, 9.17) is 16.3 Å². The number of hydrogen-bond acceptors (Lipinski definition) is 6. The van der Waals surface area contributed by atoms with Crippen LogP contribution in [-0.4, -0.2) is 65.5 Å². The lowest BCUT2D eigenvalue weighted by Gasteiger charge is -2.28. The molecule has 1 saturated heterocycles. The van der Waals surface area contributed by atoms with Gasteiger partial charge in [0.1, 0.15) is 16.8 Å². The summed E-state index contributed by atoms with van der Waals surface area (Å²) in [6.07, 6.45) is 0.270. The van der Waals surface area contributed by atoms with Crippen LogP contribution in [0.25, 0.3) is 0 Å². The monoisotopic (exact) mass is 314 g/mol. The molecule has 0 aliphatic carbocycles. The highest BCUT2D eigenvalue weighted by molar-refractivity contribution is 6.30. The fraction of sp³-hybridized carbons (Fsp3) is 0.714. The number of β-amino-alcohol motifs (C(OH)–C–C–N with tert-alkyl or cyclic N) is 1. The minimum atomic E-state index is -0.457. The molecule has 6 nitrogen and oxygen atoms in total. The van der Waals surface area contributed by atoms with Gasteiger partial charge in [0.2, 0.25) is 0 Å². The molecule has 1 unspecified atom stereocenters. The third-order valence-electron chi connectivity index (χ3n) is 3.53. The maximum atomic E-state index is 10.1. The number of aliphatic hydroxyl groups is 1. The lowest BCUT2D eigenvalue weighted by Crippen LogP contribution is -2.42. The molecule has 1 aliphatic heterocycles. The fourth-order valence-electron chi connectivity index (χ4n) is 2.22. The van der Waals surface area contributed by atoms with Crippen molar-refractivity contribution < 1.29 is 9.84 Å². The van der Waals surface area contributed by atoms with E-state index in [2.05, 4.69) is 20.2 Å². The van der Waals surface area contributed by atoms with Gasteiger partial charge in [-0.15, -0.1) is 0 Å². The van der Waals surface area contributed by atoms with Gasteiger partial charge in [-0.25, -0.2) is 9.97 Å². The summed E-state index contributed by atoms with van der Waals surface area (Å²) < 4.78 is 5.29. The van der Waals surface area contributed by atoms with Crippen molar-refractivity contribution in [2.24, 2.45) is 0 Å². The van der Waals surface area contributed by atoms with Crippen molar-refractivity contribution in [3.05, 3.63) is 16.5 Å². The lowest BCUT2D eigenvalue weighted by molar-refractivity contribution is 0.0171. The number of nitrogens with one attached hydrogen (secondary N) is 1. The van der Waals surface area contributed by atoms with Gasteiger partial charge in [0, 0.05) is 38.2 Å². The SMILES string of the molecule is CCc1nc(Cl)c(C)c(NCC(O)CN2CCOCC2)n1. The Morgan fingerprint density at radius 3 is 2.76 bits per heavy atom. The van der Waals surface area contributed by atoms with Gasteiger partial charge >= 0.3 is 0 Å². The molecular formula is C14H23ClN4O2. The van der Waals surface area contributed by atoms with E-state index in [-0.39, 0.29) is 0 Å². The molecule has 1 aromatic rings.